The number of likely N-dealkylation sites (N-methyl/N-ethyl adjacent to an activating group) is 1. The van der Waals surface area contributed by atoms with Crippen LogP contribution in [0.25, 0.3) is 0 Å². The fourth-order valence-corrected chi connectivity index (χ4v) is 1.89. The highest BCUT2D eigenvalue weighted by Gasteiger charge is 2.31. The number of aliphatic hydroxyl groups excluding tert-OH is 1. The minimum Gasteiger partial charge on any atom is -0.503 e. The summed E-state index contributed by atoms with van der Waals surface area (Å²) in [6, 6.07) is 7.05. The third-order valence-electron chi connectivity index (χ3n) is 2.87. The lowest BCUT2D eigenvalue weighted by Gasteiger charge is -2.08. The van der Waals surface area contributed by atoms with Crippen molar-refractivity contribution in [3.05, 3.63) is 46.2 Å². The number of carbonyl (C=O) groups excluding carboxylic acids is 2. The van der Waals surface area contributed by atoms with Crippen molar-refractivity contribution < 1.29 is 14.7 Å². The van der Waals surface area contributed by atoms with Crippen molar-refractivity contribution in [2.24, 2.45) is 0 Å². The molecule has 19 heavy (non-hydrogen) atoms. The van der Waals surface area contributed by atoms with Gasteiger partial charge in [-0.1, -0.05) is 23.7 Å². The zero-order chi connectivity index (χ0) is 14.0. The molecule has 0 aromatic heterocycles. The van der Waals surface area contributed by atoms with Crippen molar-refractivity contribution in [3.63, 3.8) is 0 Å². The Morgan fingerprint density at radius 3 is 2.58 bits per heavy atom. The van der Waals surface area contributed by atoms with Crippen LogP contribution in [0.1, 0.15) is 5.56 Å². The molecule has 0 unspecified atom stereocenters. The number of amides is 2. The predicted octanol–water partition coefficient (Wildman–Crippen LogP) is 1.24. The molecule has 5 nitrogen and oxygen atoms in total. The maximum atomic E-state index is 11.9. The Bertz CT molecular complexity index is 552. The van der Waals surface area contributed by atoms with Gasteiger partial charge in [0.1, 0.15) is 0 Å². The van der Waals surface area contributed by atoms with Gasteiger partial charge >= 0.3 is 0 Å². The summed E-state index contributed by atoms with van der Waals surface area (Å²) < 4.78 is 0. The Morgan fingerprint density at radius 2 is 2.05 bits per heavy atom. The summed E-state index contributed by atoms with van der Waals surface area (Å²) in [7, 11) is 1.53. The van der Waals surface area contributed by atoms with Crippen LogP contribution in [-0.4, -0.2) is 35.4 Å². The van der Waals surface area contributed by atoms with E-state index in [9.17, 15) is 14.7 Å². The van der Waals surface area contributed by atoms with Crippen molar-refractivity contribution in [2.75, 3.05) is 13.6 Å². The van der Waals surface area contributed by atoms with Crippen molar-refractivity contribution in [2.45, 2.75) is 6.54 Å². The highest BCUT2D eigenvalue weighted by atomic mass is 35.5. The summed E-state index contributed by atoms with van der Waals surface area (Å²) in [5, 5.41) is 12.8. The van der Waals surface area contributed by atoms with Gasteiger partial charge in [0.05, 0.1) is 12.1 Å². The van der Waals surface area contributed by atoms with Gasteiger partial charge in [0, 0.05) is 18.6 Å². The maximum absolute atomic E-state index is 11.9. The predicted molar refractivity (Wildman–Crippen MR) is 70.6 cm³/mol. The Kier molecular flexibility index (Phi) is 3.76. The van der Waals surface area contributed by atoms with Gasteiger partial charge in [-0.25, -0.2) is 0 Å². The Morgan fingerprint density at radius 1 is 1.42 bits per heavy atom. The Hall–Kier alpha value is -2.01. The van der Waals surface area contributed by atoms with E-state index >= 15 is 0 Å². The SMILES string of the molecule is CN1CC(C(=O)NCc2ccc(Cl)cc2)=C(O)C1=O. The maximum Gasteiger partial charge on any atom is 0.289 e. The average molecular weight is 281 g/mol. The number of carbonyl (C=O) groups is 2. The number of halogens is 1. The van der Waals surface area contributed by atoms with Crippen LogP contribution in [0.5, 0.6) is 0 Å². The molecule has 0 bridgehead atoms. The zero-order valence-electron chi connectivity index (χ0n) is 10.3. The third-order valence-corrected chi connectivity index (χ3v) is 3.12. The van der Waals surface area contributed by atoms with Crippen molar-refractivity contribution in [3.8, 4) is 0 Å². The molecular weight excluding hydrogens is 268 g/mol. The molecule has 1 aliphatic heterocycles. The van der Waals surface area contributed by atoms with E-state index in [0.717, 1.165) is 5.56 Å². The number of benzene rings is 1. The fraction of sp³-hybridized carbons (Fsp3) is 0.231. The average Bonchev–Trinajstić information content (AvgIpc) is 2.65. The van der Waals surface area contributed by atoms with E-state index in [1.807, 2.05) is 0 Å². The van der Waals surface area contributed by atoms with E-state index in [0.29, 0.717) is 11.6 Å². The molecule has 0 atom stereocenters. The highest BCUT2D eigenvalue weighted by molar-refractivity contribution is 6.30. The van der Waals surface area contributed by atoms with Crippen LogP contribution in [0.15, 0.2) is 35.6 Å². The quantitative estimate of drug-likeness (QED) is 0.875. The van der Waals surface area contributed by atoms with E-state index in [1.54, 1.807) is 24.3 Å². The van der Waals surface area contributed by atoms with Crippen LogP contribution in [0.4, 0.5) is 0 Å². The van der Waals surface area contributed by atoms with Crippen LogP contribution < -0.4 is 5.32 Å². The lowest BCUT2D eigenvalue weighted by molar-refractivity contribution is -0.126. The topological polar surface area (TPSA) is 69.6 Å². The first-order valence-corrected chi connectivity index (χ1v) is 6.07. The van der Waals surface area contributed by atoms with Crippen molar-refractivity contribution in [1.82, 2.24) is 10.2 Å². The summed E-state index contributed by atoms with van der Waals surface area (Å²) >= 11 is 5.76. The first-order chi connectivity index (χ1) is 8.99. The Balaban J connectivity index is 1.99. The third kappa shape index (κ3) is 2.88. The molecule has 2 amide bonds. The zero-order valence-corrected chi connectivity index (χ0v) is 11.1. The minimum atomic E-state index is -0.531. The fourth-order valence-electron chi connectivity index (χ4n) is 1.76. The summed E-state index contributed by atoms with van der Waals surface area (Å²) in [6.45, 7) is 0.432. The van der Waals surface area contributed by atoms with E-state index < -0.39 is 17.6 Å². The van der Waals surface area contributed by atoms with Crippen LogP contribution in [0, 0.1) is 0 Å². The smallest absolute Gasteiger partial charge is 0.289 e. The second kappa shape index (κ2) is 5.32. The highest BCUT2D eigenvalue weighted by Crippen LogP contribution is 2.15. The summed E-state index contributed by atoms with van der Waals surface area (Å²) in [5.41, 5.74) is 0.983. The minimum absolute atomic E-state index is 0.0986. The van der Waals surface area contributed by atoms with E-state index in [2.05, 4.69) is 5.32 Å². The molecule has 1 aromatic rings. The van der Waals surface area contributed by atoms with E-state index in [1.165, 1.54) is 11.9 Å². The van der Waals surface area contributed by atoms with Gasteiger partial charge in [-0.15, -0.1) is 0 Å². The van der Waals surface area contributed by atoms with Crippen molar-refractivity contribution in [1.29, 1.82) is 0 Å². The van der Waals surface area contributed by atoms with E-state index in [4.69, 9.17) is 11.6 Å². The molecule has 1 aliphatic rings. The number of hydrogen-bond acceptors (Lipinski definition) is 3. The lowest BCUT2D eigenvalue weighted by Crippen LogP contribution is -2.27. The van der Waals surface area contributed by atoms with Gasteiger partial charge in [-0.2, -0.15) is 0 Å². The normalized spacial score (nSPS) is 15.1. The molecule has 0 saturated heterocycles. The first kappa shape index (κ1) is 13.4. The molecule has 2 N–H and O–H groups in total. The molecule has 1 aromatic carbocycles. The summed E-state index contributed by atoms with van der Waals surface area (Å²) in [4.78, 5) is 24.5. The van der Waals surface area contributed by atoms with Gasteiger partial charge in [0.25, 0.3) is 11.8 Å². The van der Waals surface area contributed by atoms with Gasteiger partial charge < -0.3 is 15.3 Å². The van der Waals surface area contributed by atoms with Crippen LogP contribution in [0.3, 0.4) is 0 Å². The molecule has 0 saturated carbocycles. The molecule has 2 rings (SSSR count). The molecular formula is C13H13ClN2O3. The van der Waals surface area contributed by atoms with Crippen LogP contribution in [-0.2, 0) is 16.1 Å². The second-order valence-corrected chi connectivity index (χ2v) is 4.73. The molecule has 0 fully saturated rings. The number of rotatable bonds is 3. The van der Waals surface area contributed by atoms with Crippen LogP contribution in [0.2, 0.25) is 5.02 Å². The molecule has 0 spiro atoms. The van der Waals surface area contributed by atoms with E-state index in [-0.39, 0.29) is 12.1 Å². The van der Waals surface area contributed by atoms with Gasteiger partial charge in [-0.3, -0.25) is 9.59 Å². The summed E-state index contributed by atoms with van der Waals surface area (Å²) in [6.07, 6.45) is 0. The van der Waals surface area contributed by atoms with Crippen molar-refractivity contribution >= 4 is 23.4 Å². The summed E-state index contributed by atoms with van der Waals surface area (Å²) in [5.74, 6) is -1.45. The number of nitrogens with zero attached hydrogens (tertiary/aromatic N) is 1. The van der Waals surface area contributed by atoms with Crippen LogP contribution >= 0.6 is 11.6 Å². The molecule has 0 radical (unpaired) electrons. The standard InChI is InChI=1S/C13H13ClN2O3/c1-16-7-10(11(17)13(16)19)12(18)15-6-8-2-4-9(14)5-3-8/h2-5,17H,6-7H2,1H3,(H,15,18). The number of hydrogen-bond donors (Lipinski definition) is 2. The van der Waals surface area contributed by atoms with Gasteiger partial charge in [-0.05, 0) is 17.7 Å². The molecule has 6 heteroatoms. The Labute approximate surface area is 115 Å². The molecule has 1 heterocycles. The largest absolute Gasteiger partial charge is 0.503 e. The lowest BCUT2D eigenvalue weighted by atomic mass is 10.2. The number of aliphatic hydroxyl groups is 1. The van der Waals surface area contributed by atoms with Gasteiger partial charge in [0.2, 0.25) is 0 Å². The monoisotopic (exact) mass is 280 g/mol. The second-order valence-electron chi connectivity index (χ2n) is 4.30. The van der Waals surface area contributed by atoms with Gasteiger partial charge in [0.15, 0.2) is 5.76 Å². The molecule has 100 valence electrons. The first-order valence-electron chi connectivity index (χ1n) is 5.69. The number of nitrogens with one attached hydrogen (secondary N) is 1. The molecule has 0 aliphatic carbocycles.